The molecule has 310 valence electrons. The zero-order chi connectivity index (χ0) is 43.6. The summed E-state index contributed by atoms with van der Waals surface area (Å²) in [6.45, 7) is 4.23. The van der Waals surface area contributed by atoms with E-state index in [4.69, 9.17) is 23.8 Å². The first-order chi connectivity index (χ1) is 32.6. The summed E-state index contributed by atoms with van der Waals surface area (Å²) < 4.78 is 18.3. The molecule has 0 bridgehead atoms. The van der Waals surface area contributed by atoms with Gasteiger partial charge >= 0.3 is 0 Å². The lowest BCUT2D eigenvalue weighted by Crippen LogP contribution is -2.07. The van der Waals surface area contributed by atoms with Gasteiger partial charge in [0.1, 0.15) is 22.3 Å². The van der Waals surface area contributed by atoms with Crippen molar-refractivity contribution in [2.45, 2.75) is 13.8 Å². The van der Waals surface area contributed by atoms with Crippen LogP contribution in [0.2, 0.25) is 0 Å². The van der Waals surface area contributed by atoms with E-state index in [2.05, 4.69) is 169 Å². The zero-order valence-corrected chi connectivity index (χ0v) is 36.0. The average Bonchev–Trinajstić information content (AvgIpc) is 4.13. The molecule has 7 heteroatoms. The van der Waals surface area contributed by atoms with Crippen LogP contribution in [0.4, 0.5) is 0 Å². The van der Waals surface area contributed by atoms with Gasteiger partial charge in [0.15, 0.2) is 17.5 Å². The largest absolute Gasteiger partial charge is 0.456 e. The fourth-order valence-corrected chi connectivity index (χ4v) is 10.6. The molecule has 66 heavy (non-hydrogen) atoms. The summed E-state index contributed by atoms with van der Waals surface area (Å²) >= 11 is 0. The maximum atomic E-state index is 6.75. The number of hydrogen-bond acceptors (Lipinski definition) is 5. The first-order valence-corrected chi connectivity index (χ1v) is 22.3. The van der Waals surface area contributed by atoms with Crippen molar-refractivity contribution < 1.29 is 8.83 Å². The fourth-order valence-electron chi connectivity index (χ4n) is 10.6. The van der Waals surface area contributed by atoms with Crippen molar-refractivity contribution in [3.05, 3.63) is 199 Å². The lowest BCUT2D eigenvalue weighted by molar-refractivity contribution is 0.665. The van der Waals surface area contributed by atoms with E-state index in [1.165, 1.54) is 0 Å². The van der Waals surface area contributed by atoms with Crippen molar-refractivity contribution in [2.24, 2.45) is 0 Å². The van der Waals surface area contributed by atoms with Gasteiger partial charge in [0.2, 0.25) is 0 Å². The van der Waals surface area contributed by atoms with Gasteiger partial charge in [0, 0.05) is 49.0 Å². The monoisotopic (exact) mass is 847 g/mol. The third-order valence-electron chi connectivity index (χ3n) is 13.4. The van der Waals surface area contributed by atoms with E-state index in [1.807, 2.05) is 42.5 Å². The molecule has 7 nitrogen and oxygen atoms in total. The van der Waals surface area contributed by atoms with Gasteiger partial charge in [-0.1, -0.05) is 140 Å². The molecule has 5 aromatic heterocycles. The standard InChI is InChI=1S/C59H37N5O2/c1-34-32-43(53(51-41-24-10-16-30-49(41)65-55(34)51)63-45-26-12-6-20-37(45)38-21-7-13-27-46(38)63)58-60-57(36-18-4-3-5-19-36)61-59(62-58)44-33-35(2)56-52(42-25-11-17-31-50(42)66-56)54(44)64-47-28-14-8-22-39(47)40-23-9-15-29-48(40)64/h3-33H,1-2H3. The second-order valence-electron chi connectivity index (χ2n) is 17.2. The minimum atomic E-state index is 0.550. The van der Waals surface area contributed by atoms with E-state index in [9.17, 15) is 0 Å². The van der Waals surface area contributed by atoms with Crippen LogP contribution < -0.4 is 0 Å². The number of aromatic nitrogens is 5. The van der Waals surface area contributed by atoms with Crippen LogP contribution >= 0.6 is 0 Å². The first kappa shape index (κ1) is 36.7. The highest BCUT2D eigenvalue weighted by molar-refractivity contribution is 6.19. The molecule has 9 aromatic carbocycles. The number of rotatable bonds is 5. The summed E-state index contributed by atoms with van der Waals surface area (Å²) in [7, 11) is 0. The Labute approximate surface area is 377 Å². The molecule has 5 heterocycles. The Morgan fingerprint density at radius 3 is 1.09 bits per heavy atom. The molecular weight excluding hydrogens is 811 g/mol. The molecule has 0 fully saturated rings. The highest BCUT2D eigenvalue weighted by Gasteiger charge is 2.28. The smallest absolute Gasteiger partial charge is 0.166 e. The van der Waals surface area contributed by atoms with E-state index >= 15 is 0 Å². The van der Waals surface area contributed by atoms with Crippen LogP contribution in [-0.4, -0.2) is 24.1 Å². The van der Waals surface area contributed by atoms with Gasteiger partial charge in [-0.25, -0.2) is 15.0 Å². The van der Waals surface area contributed by atoms with E-state index in [-0.39, 0.29) is 0 Å². The highest BCUT2D eigenvalue weighted by Crippen LogP contribution is 2.47. The number of aryl methyl sites for hydroxylation is 2. The van der Waals surface area contributed by atoms with Gasteiger partial charge in [-0.3, -0.25) is 0 Å². The SMILES string of the molecule is Cc1cc(-c2nc(-c3ccccc3)nc(-c3cc(C)c4oc5ccccc5c4c3-n3c4ccccc4c4ccccc43)n2)c(-n2c3ccccc3c3ccccc32)c2c1oc1ccccc12. The Morgan fingerprint density at radius 1 is 0.348 bits per heavy atom. The minimum Gasteiger partial charge on any atom is -0.456 e. The topological polar surface area (TPSA) is 74.8 Å². The number of furan rings is 2. The molecule has 0 N–H and O–H groups in total. The number of nitrogens with zero attached hydrogens (tertiary/aromatic N) is 5. The van der Waals surface area contributed by atoms with Crippen molar-refractivity contribution in [1.29, 1.82) is 0 Å². The first-order valence-electron chi connectivity index (χ1n) is 22.3. The molecule has 0 saturated heterocycles. The second kappa shape index (κ2) is 13.8. The van der Waals surface area contributed by atoms with Crippen molar-refractivity contribution >= 4 is 87.5 Å². The molecule has 0 saturated carbocycles. The van der Waals surface area contributed by atoms with Crippen LogP contribution in [0.25, 0.3) is 133 Å². The summed E-state index contributed by atoms with van der Waals surface area (Å²) in [6.07, 6.45) is 0. The summed E-state index contributed by atoms with van der Waals surface area (Å²) in [5.41, 5.74) is 14.1. The van der Waals surface area contributed by atoms with Gasteiger partial charge in [-0.2, -0.15) is 0 Å². The maximum Gasteiger partial charge on any atom is 0.166 e. The van der Waals surface area contributed by atoms with Crippen LogP contribution in [0, 0.1) is 13.8 Å². The second-order valence-corrected chi connectivity index (χ2v) is 17.2. The van der Waals surface area contributed by atoms with Crippen LogP contribution in [-0.2, 0) is 0 Å². The van der Waals surface area contributed by atoms with Crippen LogP contribution in [0.1, 0.15) is 11.1 Å². The van der Waals surface area contributed by atoms with Gasteiger partial charge in [-0.15, -0.1) is 0 Å². The normalized spacial score (nSPS) is 12.1. The third-order valence-corrected chi connectivity index (χ3v) is 13.4. The molecule has 0 aliphatic heterocycles. The number of para-hydroxylation sites is 6. The highest BCUT2D eigenvalue weighted by atomic mass is 16.3. The average molecular weight is 848 g/mol. The minimum absolute atomic E-state index is 0.550. The van der Waals surface area contributed by atoms with E-state index in [0.29, 0.717) is 17.5 Å². The van der Waals surface area contributed by atoms with Crippen molar-refractivity contribution in [1.82, 2.24) is 24.1 Å². The van der Waals surface area contributed by atoms with E-state index < -0.39 is 0 Å². The summed E-state index contributed by atoms with van der Waals surface area (Å²) in [5.74, 6) is 1.67. The summed E-state index contributed by atoms with van der Waals surface area (Å²) in [6, 6.07) is 65.8. The number of fused-ring (bicyclic) bond motifs is 12. The van der Waals surface area contributed by atoms with Crippen LogP contribution in [0.15, 0.2) is 197 Å². The molecule has 0 aliphatic carbocycles. The summed E-state index contributed by atoms with van der Waals surface area (Å²) in [4.78, 5) is 16.6. The molecule has 0 aliphatic rings. The Balaban J connectivity index is 1.16. The number of benzene rings is 9. The molecule has 0 radical (unpaired) electrons. The van der Waals surface area contributed by atoms with Crippen molar-refractivity contribution in [3.63, 3.8) is 0 Å². The van der Waals surface area contributed by atoms with E-state index in [1.54, 1.807) is 0 Å². The number of hydrogen-bond donors (Lipinski definition) is 0. The molecule has 14 rings (SSSR count). The zero-order valence-electron chi connectivity index (χ0n) is 36.0. The molecule has 0 unspecified atom stereocenters. The molecule has 0 spiro atoms. The quantitative estimate of drug-likeness (QED) is 0.172. The van der Waals surface area contributed by atoms with Crippen LogP contribution in [0.5, 0.6) is 0 Å². The molecule has 0 atom stereocenters. The Kier molecular flexibility index (Phi) is 7.69. The van der Waals surface area contributed by atoms with Crippen LogP contribution in [0.3, 0.4) is 0 Å². The third kappa shape index (κ3) is 5.16. The maximum absolute atomic E-state index is 6.75. The molecular formula is C59H37N5O2. The fraction of sp³-hybridized carbons (Fsp3) is 0.0339. The van der Waals surface area contributed by atoms with Gasteiger partial charge in [0.25, 0.3) is 0 Å². The Bertz CT molecular complexity index is 3960. The van der Waals surface area contributed by atoms with Gasteiger partial charge in [-0.05, 0) is 73.5 Å². The Morgan fingerprint density at radius 2 is 0.682 bits per heavy atom. The predicted molar refractivity (Wildman–Crippen MR) is 269 cm³/mol. The van der Waals surface area contributed by atoms with Crippen molar-refractivity contribution in [3.8, 4) is 45.5 Å². The lowest BCUT2D eigenvalue weighted by atomic mass is 9.99. The van der Waals surface area contributed by atoms with Gasteiger partial charge in [0.05, 0.1) is 44.2 Å². The van der Waals surface area contributed by atoms with E-state index in [0.717, 1.165) is 127 Å². The Hall–Kier alpha value is -8.81. The summed E-state index contributed by atoms with van der Waals surface area (Å²) in [5, 5.41) is 8.69. The van der Waals surface area contributed by atoms with Gasteiger partial charge < -0.3 is 18.0 Å². The molecule has 0 amide bonds. The molecule has 14 aromatic rings. The lowest BCUT2D eigenvalue weighted by Gasteiger charge is -2.19. The van der Waals surface area contributed by atoms with Crippen molar-refractivity contribution in [2.75, 3.05) is 0 Å². The predicted octanol–water partition coefficient (Wildman–Crippen LogP) is 15.5.